The van der Waals surface area contributed by atoms with E-state index in [4.69, 9.17) is 11.5 Å². The summed E-state index contributed by atoms with van der Waals surface area (Å²) in [7, 11) is 0. The third kappa shape index (κ3) is 3.54. The van der Waals surface area contributed by atoms with Crippen molar-refractivity contribution in [1.29, 1.82) is 0 Å². The van der Waals surface area contributed by atoms with Gasteiger partial charge in [0.05, 0.1) is 5.56 Å². The highest BCUT2D eigenvalue weighted by molar-refractivity contribution is 9.10. The molecule has 1 rings (SSSR count). The maximum absolute atomic E-state index is 11.6. The van der Waals surface area contributed by atoms with Crippen molar-refractivity contribution in [3.05, 3.63) is 28.2 Å². The molecule has 0 saturated heterocycles. The molecule has 1 aromatic rings. The van der Waals surface area contributed by atoms with E-state index in [0.29, 0.717) is 11.3 Å². The Labute approximate surface area is 101 Å². The smallest absolute Gasteiger partial charge is 0.253 e. The molecule has 86 valence electrons. The van der Waals surface area contributed by atoms with Gasteiger partial charge in [-0.1, -0.05) is 15.9 Å². The summed E-state index contributed by atoms with van der Waals surface area (Å²) in [4.78, 5) is 22.1. The first kappa shape index (κ1) is 12.5. The standard InChI is InChI=1S/C10H12BrN3O2/c11-6-1-2-7(8(12)5-6)10(16)14-4-3-9(13)15/h1-2,5H,3-4,12H2,(H2,13,15)(H,14,16). The Morgan fingerprint density at radius 1 is 1.38 bits per heavy atom. The lowest BCUT2D eigenvalue weighted by molar-refractivity contribution is -0.117. The molecule has 5 nitrogen and oxygen atoms in total. The van der Waals surface area contributed by atoms with Crippen LogP contribution in [0.25, 0.3) is 0 Å². The average molecular weight is 286 g/mol. The van der Waals surface area contributed by atoms with Gasteiger partial charge in [-0.3, -0.25) is 9.59 Å². The second-order valence-corrected chi connectivity index (χ2v) is 4.12. The van der Waals surface area contributed by atoms with Crippen LogP contribution < -0.4 is 16.8 Å². The fourth-order valence-electron chi connectivity index (χ4n) is 1.13. The summed E-state index contributed by atoms with van der Waals surface area (Å²) in [5.41, 5.74) is 11.4. The first-order valence-corrected chi connectivity index (χ1v) is 5.41. The van der Waals surface area contributed by atoms with Crippen LogP contribution in [0.3, 0.4) is 0 Å². The molecule has 0 aliphatic rings. The van der Waals surface area contributed by atoms with Crippen molar-refractivity contribution < 1.29 is 9.59 Å². The number of carbonyl (C=O) groups is 2. The topological polar surface area (TPSA) is 98.2 Å². The van der Waals surface area contributed by atoms with E-state index < -0.39 is 5.91 Å². The van der Waals surface area contributed by atoms with Gasteiger partial charge in [0, 0.05) is 23.1 Å². The zero-order valence-corrected chi connectivity index (χ0v) is 10.1. The zero-order valence-electron chi connectivity index (χ0n) is 8.50. The minimum absolute atomic E-state index is 0.113. The van der Waals surface area contributed by atoms with E-state index in [0.717, 1.165) is 4.47 Å². The number of nitrogens with one attached hydrogen (secondary N) is 1. The third-order valence-electron chi connectivity index (χ3n) is 1.92. The molecule has 6 heteroatoms. The number of hydrogen-bond donors (Lipinski definition) is 3. The van der Waals surface area contributed by atoms with Crippen LogP contribution in [0.5, 0.6) is 0 Å². The van der Waals surface area contributed by atoms with Gasteiger partial charge < -0.3 is 16.8 Å². The molecule has 0 aromatic heterocycles. The van der Waals surface area contributed by atoms with Crippen LogP contribution >= 0.6 is 15.9 Å². The number of carbonyl (C=O) groups excluding carboxylic acids is 2. The number of rotatable bonds is 4. The SMILES string of the molecule is NC(=O)CCNC(=O)c1ccc(Br)cc1N. The second-order valence-electron chi connectivity index (χ2n) is 3.20. The van der Waals surface area contributed by atoms with E-state index >= 15 is 0 Å². The summed E-state index contributed by atoms with van der Waals surface area (Å²) in [6, 6.07) is 4.97. The van der Waals surface area contributed by atoms with Crippen LogP contribution in [0, 0.1) is 0 Å². The van der Waals surface area contributed by atoms with Crippen molar-refractivity contribution in [2.45, 2.75) is 6.42 Å². The van der Waals surface area contributed by atoms with Gasteiger partial charge in [-0.15, -0.1) is 0 Å². The summed E-state index contributed by atoms with van der Waals surface area (Å²) < 4.78 is 0.804. The first-order chi connectivity index (χ1) is 7.50. The predicted molar refractivity (Wildman–Crippen MR) is 64.7 cm³/mol. The Morgan fingerprint density at radius 2 is 2.06 bits per heavy atom. The Bertz CT molecular complexity index is 421. The van der Waals surface area contributed by atoms with Gasteiger partial charge in [0.2, 0.25) is 5.91 Å². The van der Waals surface area contributed by atoms with E-state index in [1.807, 2.05) is 0 Å². The Morgan fingerprint density at radius 3 is 2.62 bits per heavy atom. The first-order valence-electron chi connectivity index (χ1n) is 4.62. The number of hydrogen-bond acceptors (Lipinski definition) is 3. The van der Waals surface area contributed by atoms with E-state index in [1.165, 1.54) is 0 Å². The van der Waals surface area contributed by atoms with Crippen LogP contribution in [-0.2, 0) is 4.79 Å². The molecule has 5 N–H and O–H groups in total. The molecule has 0 fully saturated rings. The summed E-state index contributed by atoms with van der Waals surface area (Å²) >= 11 is 3.24. The molecule has 0 unspecified atom stereocenters. The van der Waals surface area contributed by atoms with E-state index in [-0.39, 0.29) is 18.9 Å². The van der Waals surface area contributed by atoms with Crippen molar-refractivity contribution in [3.63, 3.8) is 0 Å². The lowest BCUT2D eigenvalue weighted by Gasteiger charge is -2.06. The largest absolute Gasteiger partial charge is 0.398 e. The minimum atomic E-state index is -0.455. The normalized spacial score (nSPS) is 9.81. The minimum Gasteiger partial charge on any atom is -0.398 e. The molecule has 1 aromatic carbocycles. The summed E-state index contributed by atoms with van der Waals surface area (Å²) in [5.74, 6) is -0.768. The van der Waals surface area contributed by atoms with Crippen LogP contribution in [0.1, 0.15) is 16.8 Å². The zero-order chi connectivity index (χ0) is 12.1. The number of amides is 2. The van der Waals surface area contributed by atoms with Gasteiger partial charge in [-0.25, -0.2) is 0 Å². The molecular formula is C10H12BrN3O2. The Balaban J connectivity index is 2.63. The highest BCUT2D eigenvalue weighted by Gasteiger charge is 2.09. The second kappa shape index (κ2) is 5.50. The fourth-order valence-corrected chi connectivity index (χ4v) is 1.51. The van der Waals surface area contributed by atoms with Crippen molar-refractivity contribution in [3.8, 4) is 0 Å². The lowest BCUT2D eigenvalue weighted by atomic mass is 10.1. The summed E-state index contributed by atoms with van der Waals surface area (Å²) in [6.45, 7) is 0.212. The van der Waals surface area contributed by atoms with Gasteiger partial charge in [0.15, 0.2) is 0 Å². The van der Waals surface area contributed by atoms with Gasteiger partial charge >= 0.3 is 0 Å². The number of primary amides is 1. The summed E-state index contributed by atoms with van der Waals surface area (Å²) in [5, 5.41) is 2.56. The number of benzene rings is 1. The number of halogens is 1. The average Bonchev–Trinajstić information content (AvgIpc) is 2.16. The van der Waals surface area contributed by atoms with Crippen LogP contribution in [0.4, 0.5) is 5.69 Å². The molecule has 0 aliphatic carbocycles. The Hall–Kier alpha value is -1.56. The fraction of sp³-hybridized carbons (Fsp3) is 0.200. The van der Waals surface area contributed by atoms with Gasteiger partial charge in [-0.2, -0.15) is 0 Å². The summed E-state index contributed by atoms with van der Waals surface area (Å²) in [6.07, 6.45) is 0.113. The van der Waals surface area contributed by atoms with E-state index in [9.17, 15) is 9.59 Å². The van der Waals surface area contributed by atoms with E-state index in [1.54, 1.807) is 18.2 Å². The van der Waals surface area contributed by atoms with Crippen molar-refractivity contribution >= 4 is 33.4 Å². The van der Waals surface area contributed by atoms with Gasteiger partial charge in [0.25, 0.3) is 5.91 Å². The van der Waals surface area contributed by atoms with Crippen LogP contribution in [-0.4, -0.2) is 18.4 Å². The van der Waals surface area contributed by atoms with Crippen LogP contribution in [0.2, 0.25) is 0 Å². The van der Waals surface area contributed by atoms with Gasteiger partial charge in [-0.05, 0) is 18.2 Å². The molecule has 0 radical (unpaired) electrons. The molecular weight excluding hydrogens is 274 g/mol. The molecule has 2 amide bonds. The van der Waals surface area contributed by atoms with Crippen molar-refractivity contribution in [2.24, 2.45) is 5.73 Å². The van der Waals surface area contributed by atoms with Crippen molar-refractivity contribution in [1.82, 2.24) is 5.32 Å². The monoisotopic (exact) mass is 285 g/mol. The Kier molecular flexibility index (Phi) is 4.30. The number of nitrogen functional groups attached to an aromatic ring is 1. The molecule has 0 atom stereocenters. The number of nitrogens with two attached hydrogens (primary N) is 2. The van der Waals surface area contributed by atoms with Crippen molar-refractivity contribution in [2.75, 3.05) is 12.3 Å². The molecule has 16 heavy (non-hydrogen) atoms. The molecule has 0 aliphatic heterocycles. The maximum Gasteiger partial charge on any atom is 0.253 e. The predicted octanol–water partition coefficient (Wildman–Crippen LogP) is 0.636. The maximum atomic E-state index is 11.6. The molecule has 0 saturated carbocycles. The number of anilines is 1. The lowest BCUT2D eigenvalue weighted by Crippen LogP contribution is -2.28. The molecule has 0 bridgehead atoms. The van der Waals surface area contributed by atoms with Crippen LogP contribution in [0.15, 0.2) is 22.7 Å². The van der Waals surface area contributed by atoms with Gasteiger partial charge in [0.1, 0.15) is 0 Å². The highest BCUT2D eigenvalue weighted by Crippen LogP contribution is 2.18. The molecule has 0 spiro atoms. The molecule has 0 heterocycles. The van der Waals surface area contributed by atoms with E-state index in [2.05, 4.69) is 21.2 Å². The highest BCUT2D eigenvalue weighted by atomic mass is 79.9. The third-order valence-corrected chi connectivity index (χ3v) is 2.41. The quantitative estimate of drug-likeness (QED) is 0.708.